The number of rotatable bonds is 5. The normalized spacial score (nSPS) is 16.7. The van der Waals surface area contributed by atoms with Crippen LogP contribution in [-0.4, -0.2) is 29.9 Å². The fraction of sp³-hybridized carbons (Fsp3) is 0.562. The van der Waals surface area contributed by atoms with E-state index in [1.807, 2.05) is 30.0 Å². The highest BCUT2D eigenvalue weighted by molar-refractivity contribution is 7.99. The van der Waals surface area contributed by atoms with Gasteiger partial charge in [0.05, 0.1) is 5.54 Å². The van der Waals surface area contributed by atoms with Crippen LogP contribution in [0.3, 0.4) is 0 Å². The lowest BCUT2D eigenvalue weighted by atomic mass is 10.1. The van der Waals surface area contributed by atoms with Crippen LogP contribution in [0.15, 0.2) is 24.3 Å². The predicted molar refractivity (Wildman–Crippen MR) is 88.5 cm³/mol. The summed E-state index contributed by atoms with van der Waals surface area (Å²) in [6.07, 6.45) is 2.25. The zero-order valence-corrected chi connectivity index (χ0v) is 13.5. The summed E-state index contributed by atoms with van der Waals surface area (Å²) in [7, 11) is 0. The van der Waals surface area contributed by atoms with E-state index in [0.29, 0.717) is 5.25 Å². The number of hydrogen-bond donors (Lipinski definition) is 2. The molecule has 0 saturated carbocycles. The molecule has 1 aromatic carbocycles. The molecule has 1 aliphatic heterocycles. The Balaban J connectivity index is 1.89. The Hall–Kier alpha value is -1.04. The van der Waals surface area contributed by atoms with E-state index in [9.17, 15) is 4.79 Å². The van der Waals surface area contributed by atoms with Crippen LogP contribution in [0.5, 0.6) is 0 Å². The van der Waals surface area contributed by atoms with Crippen LogP contribution in [0, 0.1) is 0 Å². The summed E-state index contributed by atoms with van der Waals surface area (Å²) >= 11 is 1.97. The van der Waals surface area contributed by atoms with Crippen molar-refractivity contribution in [2.24, 2.45) is 5.73 Å². The van der Waals surface area contributed by atoms with Gasteiger partial charge in [0.2, 0.25) is 5.91 Å². The third-order valence-corrected chi connectivity index (χ3v) is 4.87. The first kappa shape index (κ1) is 16.3. The molecule has 0 radical (unpaired) electrons. The molecule has 1 amide bonds. The molecule has 21 heavy (non-hydrogen) atoms. The van der Waals surface area contributed by atoms with Gasteiger partial charge in [-0.3, -0.25) is 4.79 Å². The van der Waals surface area contributed by atoms with Crippen LogP contribution in [-0.2, 0) is 15.3 Å². The van der Waals surface area contributed by atoms with E-state index < -0.39 is 5.54 Å². The third kappa shape index (κ3) is 5.34. The maximum Gasteiger partial charge on any atom is 0.243 e. The molecular weight excluding hydrogens is 284 g/mol. The average molecular weight is 308 g/mol. The van der Waals surface area contributed by atoms with E-state index in [4.69, 9.17) is 10.5 Å². The molecular formula is C16H24N2O2S. The summed E-state index contributed by atoms with van der Waals surface area (Å²) in [5, 5.41) is 3.55. The van der Waals surface area contributed by atoms with Crippen LogP contribution >= 0.6 is 11.8 Å². The Labute approximate surface area is 130 Å². The van der Waals surface area contributed by atoms with Gasteiger partial charge in [-0.1, -0.05) is 12.1 Å². The van der Waals surface area contributed by atoms with Gasteiger partial charge in [0.25, 0.3) is 0 Å². The largest absolute Gasteiger partial charge is 0.381 e. The van der Waals surface area contributed by atoms with Gasteiger partial charge in [0.1, 0.15) is 0 Å². The first-order chi connectivity index (χ1) is 9.95. The van der Waals surface area contributed by atoms with Crippen molar-refractivity contribution in [1.29, 1.82) is 0 Å². The SMILES string of the molecule is CC(C)(N)C(=O)Nc1cccc(CSC2CCOCC2)c1. The maximum atomic E-state index is 11.9. The highest BCUT2D eigenvalue weighted by atomic mass is 32.2. The molecule has 5 heteroatoms. The molecule has 0 unspecified atom stereocenters. The van der Waals surface area contributed by atoms with Crippen molar-refractivity contribution in [3.63, 3.8) is 0 Å². The molecule has 1 heterocycles. The molecule has 116 valence electrons. The highest BCUT2D eigenvalue weighted by Gasteiger charge is 2.21. The summed E-state index contributed by atoms with van der Waals surface area (Å²) in [5.74, 6) is 0.789. The lowest BCUT2D eigenvalue weighted by molar-refractivity contribution is -0.120. The molecule has 0 bridgehead atoms. The van der Waals surface area contributed by atoms with E-state index in [1.54, 1.807) is 13.8 Å². The second kappa shape index (κ2) is 7.29. The molecule has 1 fully saturated rings. The van der Waals surface area contributed by atoms with Crippen LogP contribution in [0.4, 0.5) is 5.69 Å². The van der Waals surface area contributed by atoms with Gasteiger partial charge in [-0.25, -0.2) is 0 Å². The van der Waals surface area contributed by atoms with Crippen LogP contribution in [0.2, 0.25) is 0 Å². The molecule has 3 N–H and O–H groups in total. The van der Waals surface area contributed by atoms with Gasteiger partial charge < -0.3 is 15.8 Å². The zero-order chi connectivity index (χ0) is 15.3. The van der Waals surface area contributed by atoms with E-state index in [0.717, 1.165) is 37.5 Å². The number of thioether (sulfide) groups is 1. The summed E-state index contributed by atoms with van der Waals surface area (Å²) in [6.45, 7) is 5.15. The fourth-order valence-corrected chi connectivity index (χ4v) is 3.22. The highest BCUT2D eigenvalue weighted by Crippen LogP contribution is 2.26. The minimum absolute atomic E-state index is 0.170. The number of hydrogen-bond acceptors (Lipinski definition) is 4. The van der Waals surface area contributed by atoms with Crippen molar-refractivity contribution >= 4 is 23.4 Å². The number of amides is 1. The standard InChI is InChI=1S/C16H24N2O2S/c1-16(2,17)15(19)18-13-5-3-4-12(10-13)11-21-14-6-8-20-9-7-14/h3-5,10,14H,6-9,11,17H2,1-2H3,(H,18,19). The lowest BCUT2D eigenvalue weighted by Crippen LogP contribution is -2.45. The minimum atomic E-state index is -0.868. The van der Waals surface area contributed by atoms with Crippen molar-refractivity contribution in [1.82, 2.24) is 0 Å². The molecule has 0 spiro atoms. The van der Waals surface area contributed by atoms with Crippen LogP contribution in [0.25, 0.3) is 0 Å². The van der Waals surface area contributed by atoms with Gasteiger partial charge in [-0.05, 0) is 44.4 Å². The lowest BCUT2D eigenvalue weighted by Gasteiger charge is -2.21. The third-order valence-electron chi connectivity index (χ3n) is 3.42. The van der Waals surface area contributed by atoms with Gasteiger partial charge in [-0.15, -0.1) is 0 Å². The van der Waals surface area contributed by atoms with Crippen molar-refractivity contribution in [2.45, 2.75) is 43.2 Å². The zero-order valence-electron chi connectivity index (χ0n) is 12.7. The molecule has 0 aromatic heterocycles. The Bertz CT molecular complexity index is 479. The number of nitrogens with one attached hydrogen (secondary N) is 1. The second-order valence-corrected chi connectivity index (χ2v) is 7.29. The van der Waals surface area contributed by atoms with Gasteiger partial charge >= 0.3 is 0 Å². The smallest absolute Gasteiger partial charge is 0.243 e. The molecule has 2 rings (SSSR count). The van der Waals surface area contributed by atoms with Gasteiger partial charge in [-0.2, -0.15) is 11.8 Å². The topological polar surface area (TPSA) is 64.4 Å². The van der Waals surface area contributed by atoms with E-state index in [2.05, 4.69) is 11.4 Å². The van der Waals surface area contributed by atoms with Gasteiger partial charge in [0, 0.05) is 29.9 Å². The average Bonchev–Trinajstić information content (AvgIpc) is 2.46. The second-order valence-electron chi connectivity index (χ2n) is 6.00. The van der Waals surface area contributed by atoms with Gasteiger partial charge in [0.15, 0.2) is 0 Å². The number of nitrogens with two attached hydrogens (primary N) is 1. The first-order valence-electron chi connectivity index (χ1n) is 7.34. The van der Waals surface area contributed by atoms with Crippen LogP contribution in [0.1, 0.15) is 32.3 Å². The van der Waals surface area contributed by atoms with Crippen molar-refractivity contribution in [3.8, 4) is 0 Å². The number of benzene rings is 1. The molecule has 1 saturated heterocycles. The Morgan fingerprint density at radius 2 is 2.14 bits per heavy atom. The number of ether oxygens (including phenoxy) is 1. The summed E-state index contributed by atoms with van der Waals surface area (Å²) in [4.78, 5) is 11.9. The minimum Gasteiger partial charge on any atom is -0.381 e. The van der Waals surface area contributed by atoms with E-state index in [1.165, 1.54) is 5.56 Å². The Morgan fingerprint density at radius 3 is 2.81 bits per heavy atom. The first-order valence-corrected chi connectivity index (χ1v) is 8.38. The molecule has 0 aliphatic carbocycles. The van der Waals surface area contributed by atoms with Crippen molar-refractivity contribution in [2.75, 3.05) is 18.5 Å². The number of carbonyl (C=O) groups is 1. The van der Waals surface area contributed by atoms with E-state index >= 15 is 0 Å². The Morgan fingerprint density at radius 1 is 1.43 bits per heavy atom. The Kier molecular flexibility index (Phi) is 5.67. The maximum absolute atomic E-state index is 11.9. The monoisotopic (exact) mass is 308 g/mol. The number of carbonyl (C=O) groups excluding carboxylic acids is 1. The van der Waals surface area contributed by atoms with E-state index in [-0.39, 0.29) is 5.91 Å². The fourth-order valence-electron chi connectivity index (χ4n) is 2.09. The summed E-state index contributed by atoms with van der Waals surface area (Å²) in [5.41, 5.74) is 6.96. The number of anilines is 1. The van der Waals surface area contributed by atoms with Crippen molar-refractivity contribution in [3.05, 3.63) is 29.8 Å². The van der Waals surface area contributed by atoms with Crippen LogP contribution < -0.4 is 11.1 Å². The molecule has 1 aliphatic rings. The molecule has 0 atom stereocenters. The molecule has 1 aromatic rings. The summed E-state index contributed by atoms with van der Waals surface area (Å²) < 4.78 is 5.37. The van der Waals surface area contributed by atoms with Crippen molar-refractivity contribution < 1.29 is 9.53 Å². The predicted octanol–water partition coefficient (Wildman–Crippen LogP) is 2.77. The molecule has 4 nitrogen and oxygen atoms in total. The quantitative estimate of drug-likeness (QED) is 0.878. The summed E-state index contributed by atoms with van der Waals surface area (Å²) in [6, 6.07) is 7.98.